The summed E-state index contributed by atoms with van der Waals surface area (Å²) in [6, 6.07) is 8.05. The van der Waals surface area contributed by atoms with E-state index in [0.717, 1.165) is 29.6 Å². The Hall–Kier alpha value is -2.93. The Labute approximate surface area is 180 Å². The van der Waals surface area contributed by atoms with Crippen molar-refractivity contribution >= 4 is 22.1 Å². The van der Waals surface area contributed by atoms with Gasteiger partial charge in [0.05, 0.1) is 16.9 Å². The molecular weight excluding hydrogens is 393 g/mol. The van der Waals surface area contributed by atoms with Gasteiger partial charge in [-0.25, -0.2) is 14.4 Å². The van der Waals surface area contributed by atoms with Crippen LogP contribution in [0.15, 0.2) is 28.7 Å². The SMILES string of the molecule is Cc1nc2c(C)cc(-c3cc(F)c4cc(C5CC(C)N(C)C(C)C5)nnc4c3)nc2o1. The lowest BCUT2D eigenvalue weighted by atomic mass is 9.85. The Morgan fingerprint density at radius 3 is 2.48 bits per heavy atom. The number of aryl methyl sites for hydroxylation is 2. The summed E-state index contributed by atoms with van der Waals surface area (Å²) in [5.41, 5.74) is 4.80. The summed E-state index contributed by atoms with van der Waals surface area (Å²) in [5, 5.41) is 9.38. The van der Waals surface area contributed by atoms with E-state index in [9.17, 15) is 0 Å². The lowest BCUT2D eigenvalue weighted by molar-refractivity contribution is 0.121. The summed E-state index contributed by atoms with van der Waals surface area (Å²) >= 11 is 0. The first-order valence-electron chi connectivity index (χ1n) is 10.7. The molecule has 1 aliphatic rings. The Balaban J connectivity index is 1.54. The van der Waals surface area contributed by atoms with E-state index in [-0.39, 0.29) is 5.82 Å². The second-order valence-electron chi connectivity index (χ2n) is 8.90. The summed E-state index contributed by atoms with van der Waals surface area (Å²) in [5.74, 6) is 0.535. The molecule has 6 nitrogen and oxygen atoms in total. The molecule has 0 bridgehead atoms. The maximum Gasteiger partial charge on any atom is 0.247 e. The van der Waals surface area contributed by atoms with Gasteiger partial charge in [0.2, 0.25) is 5.71 Å². The molecule has 0 radical (unpaired) electrons. The van der Waals surface area contributed by atoms with Crippen LogP contribution in [-0.4, -0.2) is 44.2 Å². The third kappa shape index (κ3) is 3.47. The molecule has 1 saturated heterocycles. The fourth-order valence-corrected chi connectivity index (χ4v) is 4.70. The summed E-state index contributed by atoms with van der Waals surface area (Å²) < 4.78 is 20.8. The van der Waals surface area contributed by atoms with E-state index in [1.807, 2.05) is 25.1 Å². The van der Waals surface area contributed by atoms with Crippen LogP contribution < -0.4 is 0 Å². The molecule has 3 aromatic heterocycles. The van der Waals surface area contributed by atoms with Gasteiger partial charge >= 0.3 is 0 Å². The third-order valence-corrected chi connectivity index (χ3v) is 6.69. The number of oxazole rings is 1. The molecule has 2 unspecified atom stereocenters. The van der Waals surface area contributed by atoms with E-state index in [0.29, 0.717) is 51.8 Å². The number of hydrogen-bond acceptors (Lipinski definition) is 6. The molecular formula is C24H26FN5O. The van der Waals surface area contributed by atoms with E-state index in [1.165, 1.54) is 6.07 Å². The third-order valence-electron chi connectivity index (χ3n) is 6.69. The number of benzene rings is 1. The number of halogens is 1. The van der Waals surface area contributed by atoms with Crippen LogP contribution in [-0.2, 0) is 0 Å². The molecule has 0 spiro atoms. The van der Waals surface area contributed by atoms with Gasteiger partial charge in [-0.1, -0.05) is 0 Å². The molecule has 2 atom stereocenters. The molecule has 5 rings (SSSR count). The first-order valence-corrected chi connectivity index (χ1v) is 10.7. The van der Waals surface area contributed by atoms with Crippen LogP contribution in [0.2, 0.25) is 0 Å². The molecule has 31 heavy (non-hydrogen) atoms. The van der Waals surface area contributed by atoms with E-state index in [4.69, 9.17) is 4.42 Å². The van der Waals surface area contributed by atoms with Crippen LogP contribution in [0, 0.1) is 19.7 Å². The number of nitrogens with zero attached hydrogens (tertiary/aromatic N) is 5. The van der Waals surface area contributed by atoms with Gasteiger partial charge < -0.3 is 9.32 Å². The van der Waals surface area contributed by atoms with Crippen molar-refractivity contribution in [3.63, 3.8) is 0 Å². The van der Waals surface area contributed by atoms with Crippen molar-refractivity contribution in [2.75, 3.05) is 7.05 Å². The van der Waals surface area contributed by atoms with Crippen molar-refractivity contribution in [3.8, 4) is 11.3 Å². The van der Waals surface area contributed by atoms with Gasteiger partial charge in [-0.15, -0.1) is 0 Å². The summed E-state index contributed by atoms with van der Waals surface area (Å²) in [4.78, 5) is 11.3. The predicted octanol–water partition coefficient (Wildman–Crippen LogP) is 5.18. The highest BCUT2D eigenvalue weighted by molar-refractivity contribution is 5.85. The lowest BCUT2D eigenvalue weighted by Gasteiger charge is -2.40. The quantitative estimate of drug-likeness (QED) is 0.446. The molecule has 1 fully saturated rings. The first-order chi connectivity index (χ1) is 14.8. The second-order valence-corrected chi connectivity index (χ2v) is 8.90. The molecule has 1 aromatic carbocycles. The van der Waals surface area contributed by atoms with Gasteiger partial charge in [-0.05, 0) is 70.5 Å². The average Bonchev–Trinajstić information content (AvgIpc) is 3.12. The average molecular weight is 420 g/mol. The first kappa shape index (κ1) is 20.0. The van der Waals surface area contributed by atoms with Gasteiger partial charge in [0.25, 0.3) is 0 Å². The molecule has 0 aliphatic carbocycles. The zero-order valence-electron chi connectivity index (χ0n) is 18.5. The van der Waals surface area contributed by atoms with Gasteiger partial charge in [0.1, 0.15) is 11.3 Å². The molecule has 0 amide bonds. The second kappa shape index (κ2) is 7.34. The maximum absolute atomic E-state index is 15.2. The van der Waals surface area contributed by atoms with Crippen LogP contribution >= 0.6 is 0 Å². The molecule has 1 aliphatic heterocycles. The van der Waals surface area contributed by atoms with Crippen LogP contribution in [0.25, 0.3) is 33.4 Å². The number of piperidine rings is 1. The van der Waals surface area contributed by atoms with Crippen molar-refractivity contribution in [2.45, 2.75) is 58.5 Å². The molecule has 160 valence electrons. The largest absolute Gasteiger partial charge is 0.423 e. The minimum absolute atomic E-state index is 0.290. The summed E-state index contributed by atoms with van der Waals surface area (Å²) in [6.45, 7) is 8.19. The van der Waals surface area contributed by atoms with E-state index >= 15 is 4.39 Å². The zero-order valence-corrected chi connectivity index (χ0v) is 18.5. The van der Waals surface area contributed by atoms with Crippen LogP contribution in [0.4, 0.5) is 4.39 Å². The fourth-order valence-electron chi connectivity index (χ4n) is 4.70. The molecule has 0 N–H and O–H groups in total. The molecule has 0 saturated carbocycles. The molecule has 4 heterocycles. The number of aromatic nitrogens is 4. The normalized spacial score (nSPS) is 22.5. The maximum atomic E-state index is 15.2. The van der Waals surface area contributed by atoms with Crippen molar-refractivity contribution in [2.24, 2.45) is 0 Å². The Morgan fingerprint density at radius 2 is 1.74 bits per heavy atom. The van der Waals surface area contributed by atoms with E-state index < -0.39 is 0 Å². The van der Waals surface area contributed by atoms with E-state index in [1.54, 1.807) is 6.92 Å². The number of likely N-dealkylation sites (tertiary alicyclic amines) is 1. The van der Waals surface area contributed by atoms with Crippen molar-refractivity contribution in [1.29, 1.82) is 0 Å². The number of pyridine rings is 1. The van der Waals surface area contributed by atoms with Gasteiger partial charge in [-0.3, -0.25) is 0 Å². The number of hydrogen-bond donors (Lipinski definition) is 0. The highest BCUT2D eigenvalue weighted by Gasteiger charge is 2.30. The predicted molar refractivity (Wildman–Crippen MR) is 118 cm³/mol. The van der Waals surface area contributed by atoms with Crippen LogP contribution in [0.5, 0.6) is 0 Å². The zero-order chi connectivity index (χ0) is 21.9. The molecule has 4 aromatic rings. The Kier molecular flexibility index (Phi) is 4.73. The Bertz CT molecular complexity index is 1290. The monoisotopic (exact) mass is 419 g/mol. The summed E-state index contributed by atoms with van der Waals surface area (Å²) in [6.07, 6.45) is 2.00. The minimum Gasteiger partial charge on any atom is -0.423 e. The number of fused-ring (bicyclic) bond motifs is 2. The van der Waals surface area contributed by atoms with Crippen LogP contribution in [0.1, 0.15) is 49.8 Å². The smallest absolute Gasteiger partial charge is 0.247 e. The lowest BCUT2D eigenvalue weighted by Crippen LogP contribution is -2.43. The standard InChI is InChI=1S/C24H26FN5O/c1-12-6-20(27-24-23(12)26-15(4)31-24)17-9-19(25)18-11-21(28-29-22(18)10-17)16-7-13(2)30(5)14(3)8-16/h6,9-11,13-14,16H,7-8H2,1-5H3. The number of rotatable bonds is 2. The van der Waals surface area contributed by atoms with Crippen molar-refractivity contribution in [3.05, 3.63) is 47.2 Å². The topological polar surface area (TPSA) is 67.9 Å². The fraction of sp³-hybridized carbons (Fsp3) is 0.417. The van der Waals surface area contributed by atoms with Crippen molar-refractivity contribution < 1.29 is 8.81 Å². The van der Waals surface area contributed by atoms with Gasteiger partial charge in [0.15, 0.2) is 5.89 Å². The summed E-state index contributed by atoms with van der Waals surface area (Å²) in [7, 11) is 2.16. The van der Waals surface area contributed by atoms with E-state index in [2.05, 4.69) is 46.0 Å². The minimum atomic E-state index is -0.314. The van der Waals surface area contributed by atoms with Gasteiger partial charge in [0, 0.05) is 35.9 Å². The van der Waals surface area contributed by atoms with Gasteiger partial charge in [-0.2, -0.15) is 10.2 Å². The highest BCUT2D eigenvalue weighted by atomic mass is 19.1. The molecule has 7 heteroatoms. The highest BCUT2D eigenvalue weighted by Crippen LogP contribution is 2.35. The van der Waals surface area contributed by atoms with Crippen molar-refractivity contribution in [1.82, 2.24) is 25.1 Å². The Morgan fingerprint density at radius 1 is 1.00 bits per heavy atom. The van der Waals surface area contributed by atoms with Crippen LogP contribution in [0.3, 0.4) is 0 Å².